The van der Waals surface area contributed by atoms with Crippen LogP contribution in [0.3, 0.4) is 0 Å². The van der Waals surface area contributed by atoms with E-state index < -0.39 is 26.7 Å². The van der Waals surface area contributed by atoms with Crippen LogP contribution in [0.2, 0.25) is 0 Å². The summed E-state index contributed by atoms with van der Waals surface area (Å²) in [5.41, 5.74) is -0.101. The second-order valence-electron chi connectivity index (χ2n) is 5.95. The van der Waals surface area contributed by atoms with Crippen LogP contribution in [-0.2, 0) is 16.2 Å². The lowest BCUT2D eigenvalue weighted by Gasteiger charge is -2.11. The number of alkyl halides is 3. The molecule has 0 atom stereocenters. The first-order chi connectivity index (χ1) is 14.2. The Hall–Kier alpha value is -2.65. The lowest BCUT2D eigenvalue weighted by Crippen LogP contribution is -2.14. The third kappa shape index (κ3) is 5.70. The van der Waals surface area contributed by atoms with E-state index in [-0.39, 0.29) is 5.69 Å². The number of nitrogens with one attached hydrogen (secondary N) is 1. The fourth-order valence-corrected chi connectivity index (χ4v) is 4.45. The van der Waals surface area contributed by atoms with Gasteiger partial charge < -0.3 is 0 Å². The van der Waals surface area contributed by atoms with Crippen molar-refractivity contribution in [1.82, 2.24) is 0 Å². The number of anilines is 1. The Bertz CT molecular complexity index is 1190. The molecule has 0 bridgehead atoms. The van der Waals surface area contributed by atoms with Crippen LogP contribution in [0.5, 0.6) is 0 Å². The minimum Gasteiger partial charge on any atom is -0.280 e. The van der Waals surface area contributed by atoms with Crippen molar-refractivity contribution in [2.45, 2.75) is 20.9 Å². The van der Waals surface area contributed by atoms with Crippen LogP contribution < -0.4 is 4.72 Å². The number of sulfonamides is 1. The van der Waals surface area contributed by atoms with E-state index in [0.29, 0.717) is 11.8 Å². The van der Waals surface area contributed by atoms with Crippen molar-refractivity contribution < 1.29 is 21.6 Å². The minimum absolute atomic E-state index is 0.238. The van der Waals surface area contributed by atoms with E-state index in [4.69, 9.17) is 0 Å². The molecule has 0 amide bonds. The Labute approximate surface area is 180 Å². The molecule has 0 aliphatic carbocycles. The molecule has 0 aromatic heterocycles. The van der Waals surface area contributed by atoms with Crippen LogP contribution in [0, 0.1) is 0 Å². The predicted octanol–water partition coefficient (Wildman–Crippen LogP) is 6.39. The summed E-state index contributed by atoms with van der Waals surface area (Å²) in [6.45, 7) is 0. The lowest BCUT2D eigenvalue weighted by molar-refractivity contribution is -0.137. The zero-order valence-electron chi connectivity index (χ0n) is 15.1. The van der Waals surface area contributed by atoms with Crippen LogP contribution in [0.15, 0.2) is 92.5 Å². The van der Waals surface area contributed by atoms with Gasteiger partial charge in [0.15, 0.2) is 0 Å². The smallest absolute Gasteiger partial charge is 0.280 e. The number of rotatable bonds is 6. The standard InChI is InChI=1S/C20H13F3N2O2S3/c21-20(22,23)14-2-1-3-19(12-14)30(26,27)25-16-6-10-18(11-7-16)29-17-8-4-15(5-9-17)24-13-28/h1-12,25H. The maximum Gasteiger partial charge on any atom is 0.416 e. The van der Waals surface area contributed by atoms with Crippen molar-refractivity contribution >= 4 is 50.5 Å². The molecule has 0 spiro atoms. The molecular formula is C20H13F3N2O2S3. The maximum absolute atomic E-state index is 12.8. The highest BCUT2D eigenvalue weighted by Crippen LogP contribution is 2.32. The molecule has 0 saturated carbocycles. The highest BCUT2D eigenvalue weighted by molar-refractivity contribution is 7.99. The predicted molar refractivity (Wildman–Crippen MR) is 114 cm³/mol. The van der Waals surface area contributed by atoms with E-state index in [0.717, 1.165) is 28.0 Å². The number of nitrogens with zero attached hydrogens (tertiary/aromatic N) is 1. The third-order valence-electron chi connectivity index (χ3n) is 3.83. The molecule has 0 unspecified atom stereocenters. The Morgan fingerprint density at radius 2 is 1.53 bits per heavy atom. The first-order valence-corrected chi connectivity index (χ1v) is 11.0. The third-order valence-corrected chi connectivity index (χ3v) is 6.31. The Morgan fingerprint density at radius 3 is 2.10 bits per heavy atom. The second-order valence-corrected chi connectivity index (χ2v) is 8.97. The van der Waals surface area contributed by atoms with Crippen LogP contribution in [0.4, 0.5) is 24.5 Å². The Morgan fingerprint density at radius 1 is 0.933 bits per heavy atom. The van der Waals surface area contributed by atoms with Crippen molar-refractivity contribution in [3.63, 3.8) is 0 Å². The summed E-state index contributed by atoms with van der Waals surface area (Å²) in [5, 5.41) is 2.29. The van der Waals surface area contributed by atoms with E-state index in [1.54, 1.807) is 24.3 Å². The van der Waals surface area contributed by atoms with Gasteiger partial charge in [0.25, 0.3) is 10.0 Å². The Kier molecular flexibility index (Phi) is 6.62. The van der Waals surface area contributed by atoms with Crippen molar-refractivity contribution in [3.05, 3.63) is 78.4 Å². The molecule has 30 heavy (non-hydrogen) atoms. The molecule has 4 nitrogen and oxygen atoms in total. The zero-order chi connectivity index (χ0) is 21.8. The van der Waals surface area contributed by atoms with Crippen LogP contribution in [0.25, 0.3) is 0 Å². The van der Waals surface area contributed by atoms with Crippen LogP contribution >= 0.6 is 24.0 Å². The molecule has 0 heterocycles. The largest absolute Gasteiger partial charge is 0.416 e. The fourth-order valence-electron chi connectivity index (χ4n) is 2.42. The fraction of sp³-hybridized carbons (Fsp3) is 0.0500. The number of hydrogen-bond acceptors (Lipinski definition) is 5. The lowest BCUT2D eigenvalue weighted by atomic mass is 10.2. The van der Waals surface area contributed by atoms with E-state index in [2.05, 4.69) is 27.1 Å². The average molecular weight is 467 g/mol. The van der Waals surface area contributed by atoms with Gasteiger partial charge in [-0.1, -0.05) is 17.8 Å². The topological polar surface area (TPSA) is 58.5 Å². The van der Waals surface area contributed by atoms with Gasteiger partial charge in [-0.25, -0.2) is 8.42 Å². The summed E-state index contributed by atoms with van der Waals surface area (Å²) in [5.74, 6) is 0. The number of benzene rings is 3. The quantitative estimate of drug-likeness (QED) is 0.338. The summed E-state index contributed by atoms with van der Waals surface area (Å²) < 4.78 is 65.7. The summed E-state index contributed by atoms with van der Waals surface area (Å²) >= 11 is 6.01. The number of aliphatic imine (C=N–C) groups is 1. The first kappa shape index (κ1) is 22.0. The average Bonchev–Trinajstić information content (AvgIpc) is 2.70. The molecule has 0 aliphatic rings. The first-order valence-electron chi connectivity index (χ1n) is 8.33. The Balaban J connectivity index is 1.72. The number of isothiocyanates is 1. The molecule has 3 rings (SSSR count). The van der Waals surface area contributed by atoms with Crippen LogP contribution in [-0.4, -0.2) is 13.6 Å². The van der Waals surface area contributed by atoms with Gasteiger partial charge >= 0.3 is 6.18 Å². The van der Waals surface area contributed by atoms with E-state index in [9.17, 15) is 21.6 Å². The summed E-state index contributed by atoms with van der Waals surface area (Å²) in [6.07, 6.45) is -4.63. The molecule has 3 aromatic rings. The van der Waals surface area contributed by atoms with Crippen molar-refractivity contribution in [2.24, 2.45) is 4.99 Å². The van der Waals surface area contributed by atoms with E-state index >= 15 is 0 Å². The monoisotopic (exact) mass is 466 g/mol. The number of thiocarbonyl (C=S) groups is 1. The van der Waals surface area contributed by atoms with Gasteiger partial charge in [-0.05, 0) is 78.9 Å². The van der Waals surface area contributed by atoms with Crippen molar-refractivity contribution in [2.75, 3.05) is 4.72 Å². The molecule has 3 aromatic carbocycles. The molecule has 1 N–H and O–H groups in total. The summed E-state index contributed by atoms with van der Waals surface area (Å²) in [4.78, 5) is 5.20. The van der Waals surface area contributed by atoms with E-state index in [1.807, 2.05) is 12.1 Å². The number of halogens is 3. The van der Waals surface area contributed by atoms with Gasteiger partial charge in [-0.3, -0.25) is 4.72 Å². The van der Waals surface area contributed by atoms with Crippen molar-refractivity contribution in [3.8, 4) is 0 Å². The molecule has 0 fully saturated rings. The number of hydrogen-bond donors (Lipinski definition) is 1. The second kappa shape index (κ2) is 9.01. The normalized spacial score (nSPS) is 11.6. The van der Waals surface area contributed by atoms with Gasteiger partial charge in [0.2, 0.25) is 0 Å². The van der Waals surface area contributed by atoms with Crippen molar-refractivity contribution in [1.29, 1.82) is 0 Å². The van der Waals surface area contributed by atoms with E-state index in [1.165, 1.54) is 23.9 Å². The van der Waals surface area contributed by atoms with Gasteiger partial charge in [0, 0.05) is 15.5 Å². The molecule has 0 saturated heterocycles. The van der Waals surface area contributed by atoms with Crippen LogP contribution in [0.1, 0.15) is 5.56 Å². The van der Waals surface area contributed by atoms with Gasteiger partial charge in [-0.15, -0.1) is 0 Å². The van der Waals surface area contributed by atoms with Gasteiger partial charge in [-0.2, -0.15) is 18.2 Å². The zero-order valence-corrected chi connectivity index (χ0v) is 17.5. The SMILES string of the molecule is O=S(=O)(Nc1ccc(Sc2ccc(N=C=S)cc2)cc1)c1cccc(C(F)(F)F)c1. The highest BCUT2D eigenvalue weighted by Gasteiger charge is 2.31. The molecule has 0 aliphatic heterocycles. The summed E-state index contributed by atoms with van der Waals surface area (Å²) in [6, 6.07) is 17.4. The summed E-state index contributed by atoms with van der Waals surface area (Å²) in [7, 11) is -4.16. The molecule has 0 radical (unpaired) electrons. The molecule has 10 heteroatoms. The highest BCUT2D eigenvalue weighted by atomic mass is 32.2. The van der Waals surface area contributed by atoms with Gasteiger partial charge in [0.05, 0.1) is 21.3 Å². The minimum atomic E-state index is -4.63. The molecular weight excluding hydrogens is 453 g/mol. The maximum atomic E-state index is 12.8. The van der Waals surface area contributed by atoms with Gasteiger partial charge in [0.1, 0.15) is 0 Å². The molecule has 154 valence electrons.